The number of benzene rings is 2. The molecule has 0 unspecified atom stereocenters. The van der Waals surface area contributed by atoms with Crippen molar-refractivity contribution in [2.75, 3.05) is 23.3 Å². The van der Waals surface area contributed by atoms with Crippen molar-refractivity contribution in [2.45, 2.75) is 56.5 Å². The maximum absolute atomic E-state index is 17.4. The minimum absolute atomic E-state index is 0.00342. The smallest absolute Gasteiger partial charge is 0.281 e. The van der Waals surface area contributed by atoms with Gasteiger partial charge in [0, 0.05) is 35.4 Å². The van der Waals surface area contributed by atoms with Crippen LogP contribution in [0.4, 0.5) is 20.2 Å². The molecule has 0 bridgehead atoms. The molecule has 2 saturated carbocycles. The normalized spacial score (nSPS) is 20.6. The number of hydrogen-bond donors (Lipinski definition) is 2. The van der Waals surface area contributed by atoms with Crippen LogP contribution in [-0.4, -0.2) is 61.5 Å². The zero-order chi connectivity index (χ0) is 32.9. The van der Waals surface area contributed by atoms with E-state index in [4.69, 9.17) is 11.6 Å². The van der Waals surface area contributed by atoms with Crippen molar-refractivity contribution in [3.8, 4) is 22.6 Å². The number of halogens is 3. The number of piperazine rings is 1. The number of anilines is 2. The zero-order valence-corrected chi connectivity index (χ0v) is 26.0. The van der Waals surface area contributed by atoms with E-state index in [1.807, 2.05) is 6.92 Å². The Morgan fingerprint density at radius 1 is 1.06 bits per heavy atom. The van der Waals surface area contributed by atoms with Crippen molar-refractivity contribution in [2.24, 2.45) is 0 Å². The van der Waals surface area contributed by atoms with E-state index in [1.54, 1.807) is 4.90 Å². The molecule has 2 aliphatic carbocycles. The number of hydrogen-bond acceptors (Lipinski definition) is 7. The first kappa shape index (κ1) is 29.6. The molecule has 3 fully saturated rings. The lowest BCUT2D eigenvalue weighted by molar-refractivity contribution is -0.130. The van der Waals surface area contributed by atoms with Gasteiger partial charge in [0.1, 0.15) is 29.6 Å². The van der Waals surface area contributed by atoms with Crippen LogP contribution in [0.1, 0.15) is 55.8 Å². The van der Waals surface area contributed by atoms with E-state index in [-0.39, 0.29) is 58.1 Å². The summed E-state index contributed by atoms with van der Waals surface area (Å²) in [6, 6.07) is 3.75. The fraction of sp³-hybridized carbons (Fsp3) is 0.324. The third-order valence-electron chi connectivity index (χ3n) is 9.63. The number of phenols is 1. The molecule has 2 N–H and O–H groups in total. The van der Waals surface area contributed by atoms with Crippen LogP contribution in [-0.2, 0) is 9.59 Å². The highest BCUT2D eigenvalue weighted by atomic mass is 35.5. The van der Waals surface area contributed by atoms with E-state index >= 15 is 8.78 Å². The molecule has 47 heavy (non-hydrogen) atoms. The Morgan fingerprint density at radius 2 is 1.74 bits per heavy atom. The number of carbonyl (C=O) groups is 2. The van der Waals surface area contributed by atoms with Crippen LogP contribution in [0.5, 0.6) is 5.75 Å². The largest absolute Gasteiger partial charge is 0.507 e. The molecule has 13 heteroatoms. The first-order valence-electron chi connectivity index (χ1n) is 15.5. The average molecular weight is 659 g/mol. The van der Waals surface area contributed by atoms with Crippen molar-refractivity contribution in [3.05, 3.63) is 81.6 Å². The predicted octanol–water partition coefficient (Wildman–Crippen LogP) is 5.38. The number of rotatable bonds is 5. The quantitative estimate of drug-likeness (QED) is 0.276. The summed E-state index contributed by atoms with van der Waals surface area (Å²) in [5.74, 6) is -3.23. The molecular formula is C34H29ClF2N6O4. The highest BCUT2D eigenvalue weighted by Gasteiger charge is 2.45. The molecule has 8 rings (SSSR count). The molecule has 2 amide bonds. The van der Waals surface area contributed by atoms with Gasteiger partial charge in [0.2, 0.25) is 11.8 Å². The number of aromatic nitrogens is 3. The van der Waals surface area contributed by atoms with Gasteiger partial charge in [0.25, 0.3) is 5.56 Å². The maximum atomic E-state index is 17.4. The summed E-state index contributed by atoms with van der Waals surface area (Å²) in [4.78, 5) is 53.5. The summed E-state index contributed by atoms with van der Waals surface area (Å²) < 4.78 is 33.9. The molecule has 0 spiro atoms. The minimum Gasteiger partial charge on any atom is -0.507 e. The Balaban J connectivity index is 1.49. The second-order valence-electron chi connectivity index (χ2n) is 12.7. The van der Waals surface area contributed by atoms with Crippen molar-refractivity contribution in [3.63, 3.8) is 0 Å². The van der Waals surface area contributed by atoms with Gasteiger partial charge in [-0.2, -0.15) is 0 Å². The summed E-state index contributed by atoms with van der Waals surface area (Å²) in [6.45, 7) is 5.53. The minimum atomic E-state index is -1.03. The summed E-state index contributed by atoms with van der Waals surface area (Å²) in [5.41, 5.74) is -0.0517. The molecule has 240 valence electrons. The van der Waals surface area contributed by atoms with Gasteiger partial charge in [0.05, 0.1) is 45.4 Å². The van der Waals surface area contributed by atoms with Gasteiger partial charge >= 0.3 is 0 Å². The summed E-state index contributed by atoms with van der Waals surface area (Å²) in [5, 5.41) is 13.5. The fourth-order valence-electron chi connectivity index (χ4n) is 7.10. The van der Waals surface area contributed by atoms with Crippen LogP contribution in [0.25, 0.3) is 27.7 Å². The molecule has 2 aromatic carbocycles. The SMILES string of the molecule is C=CC(=O)N1C[C@@H]2C(=O)Nc3c(c4cc(Cl)c(-c5c(O)cccc5F)c(F)c4n(-c4c(C5CC5)ncnc4C4CC4)c3=O)N2C[C@H]1C. The number of nitrogens with one attached hydrogen (secondary N) is 1. The highest BCUT2D eigenvalue weighted by molar-refractivity contribution is 6.35. The van der Waals surface area contributed by atoms with Gasteiger partial charge in [-0.1, -0.05) is 24.2 Å². The van der Waals surface area contributed by atoms with Crippen molar-refractivity contribution < 1.29 is 23.5 Å². The Labute approximate surface area is 272 Å². The van der Waals surface area contributed by atoms with Crippen molar-refractivity contribution in [1.82, 2.24) is 19.4 Å². The van der Waals surface area contributed by atoms with E-state index in [0.717, 1.165) is 31.7 Å². The number of phenolic OH excluding ortho intramolecular Hbond substituents is 1. The summed E-state index contributed by atoms with van der Waals surface area (Å²) in [6.07, 6.45) is 5.97. The van der Waals surface area contributed by atoms with Crippen LogP contribution < -0.4 is 15.8 Å². The molecule has 1 saturated heterocycles. The number of amides is 2. The highest BCUT2D eigenvalue weighted by Crippen LogP contribution is 2.50. The summed E-state index contributed by atoms with van der Waals surface area (Å²) >= 11 is 6.77. The van der Waals surface area contributed by atoms with Crippen LogP contribution in [0.2, 0.25) is 5.02 Å². The monoisotopic (exact) mass is 658 g/mol. The Kier molecular flexibility index (Phi) is 6.66. The van der Waals surface area contributed by atoms with Gasteiger partial charge in [-0.25, -0.2) is 18.7 Å². The zero-order valence-electron chi connectivity index (χ0n) is 25.3. The van der Waals surface area contributed by atoms with Gasteiger partial charge in [0.15, 0.2) is 5.82 Å². The Bertz CT molecular complexity index is 2080. The first-order chi connectivity index (χ1) is 22.6. The van der Waals surface area contributed by atoms with Crippen LogP contribution in [0, 0.1) is 11.6 Å². The van der Waals surface area contributed by atoms with Gasteiger partial charge in [-0.15, -0.1) is 0 Å². The molecule has 2 aromatic heterocycles. The van der Waals surface area contributed by atoms with E-state index in [1.165, 1.54) is 40.1 Å². The van der Waals surface area contributed by atoms with Gasteiger partial charge in [-0.3, -0.25) is 19.0 Å². The van der Waals surface area contributed by atoms with Gasteiger partial charge < -0.3 is 20.2 Å². The standard InChI is InChI=1S/C34H29ClF2N6O4/c1-3-23(45)41-13-21-33(46)40-29-31(42(21)12-15(41)2)18-11-19(35)24(25-20(36)5-4-6-22(25)44)26(37)30(18)43(34(29)47)32-27(16-7-8-16)38-14-39-28(32)17-9-10-17/h3-6,11,14-17,21,44H,1,7-10,12-13H2,2H3,(H,40,46)/t15-,21-/m1/s1. The third kappa shape index (κ3) is 4.45. The van der Waals surface area contributed by atoms with Crippen LogP contribution in [0.15, 0.2) is 48.0 Å². The molecule has 4 aliphatic rings. The maximum Gasteiger partial charge on any atom is 0.281 e. The number of carbonyl (C=O) groups excluding carboxylic acids is 2. The van der Waals surface area contributed by atoms with Crippen molar-refractivity contribution >= 4 is 45.7 Å². The van der Waals surface area contributed by atoms with E-state index < -0.39 is 52.1 Å². The summed E-state index contributed by atoms with van der Waals surface area (Å²) in [7, 11) is 0. The third-order valence-corrected chi connectivity index (χ3v) is 9.93. The second-order valence-corrected chi connectivity index (χ2v) is 13.1. The number of fused-ring (bicyclic) bond motifs is 5. The second kappa shape index (κ2) is 10.6. The molecule has 4 heterocycles. The van der Waals surface area contributed by atoms with Crippen molar-refractivity contribution in [1.29, 1.82) is 0 Å². The fourth-order valence-corrected chi connectivity index (χ4v) is 7.38. The molecule has 0 radical (unpaired) electrons. The molecule has 10 nitrogen and oxygen atoms in total. The van der Waals surface area contributed by atoms with Gasteiger partial charge in [-0.05, 0) is 56.9 Å². The van der Waals surface area contributed by atoms with Crippen LogP contribution in [0.3, 0.4) is 0 Å². The number of pyridine rings is 1. The lowest BCUT2D eigenvalue weighted by atomic mass is 9.96. The van der Waals surface area contributed by atoms with E-state index in [9.17, 15) is 19.5 Å². The number of nitrogens with zero attached hydrogens (tertiary/aromatic N) is 5. The van der Waals surface area contributed by atoms with E-state index in [2.05, 4.69) is 21.9 Å². The lowest BCUT2D eigenvalue weighted by Crippen LogP contribution is -2.64. The first-order valence-corrected chi connectivity index (χ1v) is 15.9. The Morgan fingerprint density at radius 3 is 2.36 bits per heavy atom. The van der Waals surface area contributed by atoms with Crippen LogP contribution >= 0.6 is 11.6 Å². The molecule has 2 aliphatic heterocycles. The molecule has 2 atom stereocenters. The lowest BCUT2D eigenvalue weighted by Gasteiger charge is -2.48. The van der Waals surface area contributed by atoms with E-state index in [0.29, 0.717) is 17.1 Å². The average Bonchev–Trinajstić information content (AvgIpc) is 3.96. The molecular weight excluding hydrogens is 630 g/mol. The topological polar surface area (TPSA) is 121 Å². The predicted molar refractivity (Wildman–Crippen MR) is 172 cm³/mol. The Hall–Kier alpha value is -4.84. The number of aromatic hydroxyl groups is 1. The molecule has 4 aromatic rings.